The molecule has 106 valence electrons. The van der Waals surface area contributed by atoms with Gasteiger partial charge < -0.3 is 15.8 Å². The van der Waals surface area contributed by atoms with Gasteiger partial charge in [-0.15, -0.1) is 0 Å². The largest absolute Gasteiger partial charge is 0.496 e. The smallest absolute Gasteiger partial charge is 0.224 e. The van der Waals surface area contributed by atoms with Crippen LogP contribution in [0.5, 0.6) is 5.75 Å². The number of rotatable bonds is 7. The van der Waals surface area contributed by atoms with E-state index in [1.54, 1.807) is 7.11 Å². The molecule has 1 aromatic rings. The average Bonchev–Trinajstić information content (AvgIpc) is 2.44. The van der Waals surface area contributed by atoms with Gasteiger partial charge >= 0.3 is 0 Å². The average molecular weight is 264 g/mol. The van der Waals surface area contributed by atoms with Crippen molar-refractivity contribution in [2.24, 2.45) is 11.7 Å². The van der Waals surface area contributed by atoms with Crippen LogP contribution in [0.4, 0.5) is 0 Å². The van der Waals surface area contributed by atoms with Gasteiger partial charge in [0.1, 0.15) is 5.75 Å². The number of ether oxygens (including phenoxy) is 1. The number of carbonyl (C=O) groups excluding carboxylic acids is 1. The molecule has 0 aliphatic heterocycles. The first-order chi connectivity index (χ1) is 9.13. The van der Waals surface area contributed by atoms with Gasteiger partial charge in [0.2, 0.25) is 5.91 Å². The van der Waals surface area contributed by atoms with Gasteiger partial charge in [-0.1, -0.05) is 31.5 Å². The fourth-order valence-electron chi connectivity index (χ4n) is 2.14. The molecule has 1 amide bonds. The van der Waals surface area contributed by atoms with Crippen LogP contribution in [0.3, 0.4) is 0 Å². The van der Waals surface area contributed by atoms with Gasteiger partial charge in [-0.05, 0) is 19.4 Å². The molecule has 19 heavy (non-hydrogen) atoms. The molecule has 2 unspecified atom stereocenters. The molecule has 0 bridgehead atoms. The fraction of sp³-hybridized carbons (Fsp3) is 0.533. The maximum absolute atomic E-state index is 12.1. The Labute approximate surface area is 115 Å². The summed E-state index contributed by atoms with van der Waals surface area (Å²) in [4.78, 5) is 12.1. The minimum atomic E-state index is -0.109. The number of para-hydroxylation sites is 1. The monoisotopic (exact) mass is 264 g/mol. The van der Waals surface area contributed by atoms with Crippen molar-refractivity contribution in [1.82, 2.24) is 5.32 Å². The number of nitrogens with two attached hydrogens (primary N) is 1. The lowest BCUT2D eigenvalue weighted by molar-refractivity contribution is -0.125. The Hall–Kier alpha value is -1.55. The maximum atomic E-state index is 12.1. The van der Waals surface area contributed by atoms with E-state index in [1.165, 1.54) is 0 Å². The standard InChI is InChI=1S/C15H24N2O2/c1-4-7-12(10-16)15(18)17-11(2)13-8-5-6-9-14(13)19-3/h5-6,8-9,11-12H,4,7,10,16H2,1-3H3,(H,17,18). The van der Waals surface area contributed by atoms with Crippen molar-refractivity contribution in [3.05, 3.63) is 29.8 Å². The quantitative estimate of drug-likeness (QED) is 0.794. The number of hydrogen-bond acceptors (Lipinski definition) is 3. The molecule has 1 aromatic carbocycles. The SMILES string of the molecule is CCCC(CN)C(=O)NC(C)c1ccccc1OC. The molecule has 4 heteroatoms. The molecular formula is C15H24N2O2. The second kappa shape index (κ2) is 7.79. The topological polar surface area (TPSA) is 64.4 Å². The number of benzene rings is 1. The zero-order valence-electron chi connectivity index (χ0n) is 12.0. The van der Waals surface area contributed by atoms with E-state index in [-0.39, 0.29) is 17.9 Å². The van der Waals surface area contributed by atoms with Gasteiger partial charge in [0.25, 0.3) is 0 Å². The molecule has 4 nitrogen and oxygen atoms in total. The zero-order valence-corrected chi connectivity index (χ0v) is 12.0. The molecule has 3 N–H and O–H groups in total. The van der Waals surface area contributed by atoms with Gasteiger partial charge in [0.05, 0.1) is 19.1 Å². The Kier molecular flexibility index (Phi) is 6.36. The lowest BCUT2D eigenvalue weighted by Gasteiger charge is -2.20. The summed E-state index contributed by atoms with van der Waals surface area (Å²) in [5.74, 6) is 0.694. The number of carbonyl (C=O) groups is 1. The summed E-state index contributed by atoms with van der Waals surface area (Å²) in [6, 6.07) is 7.62. The van der Waals surface area contributed by atoms with E-state index in [9.17, 15) is 4.79 Å². The molecule has 1 rings (SSSR count). The minimum absolute atomic E-state index is 0.0164. The molecular weight excluding hydrogens is 240 g/mol. The van der Waals surface area contributed by atoms with Crippen molar-refractivity contribution < 1.29 is 9.53 Å². The van der Waals surface area contributed by atoms with Crippen molar-refractivity contribution in [3.63, 3.8) is 0 Å². The van der Waals surface area contributed by atoms with E-state index in [1.807, 2.05) is 31.2 Å². The summed E-state index contributed by atoms with van der Waals surface area (Å²) >= 11 is 0. The first kappa shape index (κ1) is 15.5. The van der Waals surface area contributed by atoms with Crippen LogP contribution in [0.2, 0.25) is 0 Å². The molecule has 0 saturated heterocycles. The Balaban J connectivity index is 2.73. The Morgan fingerprint density at radius 1 is 1.42 bits per heavy atom. The first-order valence-corrected chi connectivity index (χ1v) is 6.77. The van der Waals surface area contributed by atoms with Crippen LogP contribution in [0.1, 0.15) is 38.3 Å². The van der Waals surface area contributed by atoms with Crippen LogP contribution in [-0.4, -0.2) is 19.6 Å². The molecule has 0 aromatic heterocycles. The van der Waals surface area contributed by atoms with Crippen LogP contribution in [0, 0.1) is 5.92 Å². The Morgan fingerprint density at radius 3 is 2.68 bits per heavy atom. The number of methoxy groups -OCH3 is 1. The van der Waals surface area contributed by atoms with Crippen molar-refractivity contribution >= 4 is 5.91 Å². The van der Waals surface area contributed by atoms with Crippen molar-refractivity contribution in [2.75, 3.05) is 13.7 Å². The van der Waals surface area contributed by atoms with Gasteiger partial charge in [-0.2, -0.15) is 0 Å². The number of nitrogens with one attached hydrogen (secondary N) is 1. The number of amides is 1. The highest BCUT2D eigenvalue weighted by Gasteiger charge is 2.19. The minimum Gasteiger partial charge on any atom is -0.496 e. The van der Waals surface area contributed by atoms with E-state index in [4.69, 9.17) is 10.5 Å². The maximum Gasteiger partial charge on any atom is 0.224 e. The number of hydrogen-bond donors (Lipinski definition) is 2. The highest BCUT2D eigenvalue weighted by Crippen LogP contribution is 2.24. The van der Waals surface area contributed by atoms with E-state index < -0.39 is 0 Å². The summed E-state index contributed by atoms with van der Waals surface area (Å²) in [6.45, 7) is 4.40. The molecule has 0 spiro atoms. The van der Waals surface area contributed by atoms with Crippen LogP contribution < -0.4 is 15.8 Å². The summed E-state index contributed by atoms with van der Waals surface area (Å²) < 4.78 is 5.31. The summed E-state index contributed by atoms with van der Waals surface area (Å²) in [5.41, 5.74) is 6.62. The molecule has 0 heterocycles. The van der Waals surface area contributed by atoms with Crippen molar-refractivity contribution in [2.45, 2.75) is 32.7 Å². The highest BCUT2D eigenvalue weighted by atomic mass is 16.5. The predicted octanol–water partition coefficient (Wildman–Crippen LogP) is 2.25. The lowest BCUT2D eigenvalue weighted by atomic mass is 10.0. The second-order valence-electron chi connectivity index (χ2n) is 4.69. The van der Waals surface area contributed by atoms with Gasteiger partial charge in [0.15, 0.2) is 0 Å². The fourth-order valence-corrected chi connectivity index (χ4v) is 2.14. The molecule has 0 radical (unpaired) electrons. The van der Waals surface area contributed by atoms with E-state index in [0.29, 0.717) is 6.54 Å². The summed E-state index contributed by atoms with van der Waals surface area (Å²) in [6.07, 6.45) is 1.78. The predicted molar refractivity (Wildman–Crippen MR) is 77.0 cm³/mol. The highest BCUT2D eigenvalue weighted by molar-refractivity contribution is 5.79. The van der Waals surface area contributed by atoms with Crippen LogP contribution in [-0.2, 0) is 4.79 Å². The third kappa shape index (κ3) is 4.24. The van der Waals surface area contributed by atoms with Crippen LogP contribution in [0.15, 0.2) is 24.3 Å². The molecule has 0 aliphatic rings. The van der Waals surface area contributed by atoms with E-state index in [0.717, 1.165) is 24.2 Å². The van der Waals surface area contributed by atoms with Crippen LogP contribution in [0.25, 0.3) is 0 Å². The van der Waals surface area contributed by atoms with E-state index in [2.05, 4.69) is 12.2 Å². The summed E-state index contributed by atoms with van der Waals surface area (Å²) in [5, 5.41) is 3.01. The zero-order chi connectivity index (χ0) is 14.3. The van der Waals surface area contributed by atoms with E-state index >= 15 is 0 Å². The molecule has 2 atom stereocenters. The lowest BCUT2D eigenvalue weighted by Crippen LogP contribution is -2.36. The molecule has 0 fully saturated rings. The third-order valence-corrected chi connectivity index (χ3v) is 3.26. The van der Waals surface area contributed by atoms with Gasteiger partial charge in [0, 0.05) is 12.1 Å². The second-order valence-corrected chi connectivity index (χ2v) is 4.69. The summed E-state index contributed by atoms with van der Waals surface area (Å²) in [7, 11) is 1.63. The Morgan fingerprint density at radius 2 is 2.11 bits per heavy atom. The molecule has 0 aliphatic carbocycles. The third-order valence-electron chi connectivity index (χ3n) is 3.26. The van der Waals surface area contributed by atoms with Crippen LogP contribution >= 0.6 is 0 Å². The Bertz CT molecular complexity index is 407. The van der Waals surface area contributed by atoms with Gasteiger partial charge in [-0.3, -0.25) is 4.79 Å². The van der Waals surface area contributed by atoms with Crippen molar-refractivity contribution in [1.29, 1.82) is 0 Å². The normalized spacial score (nSPS) is 13.7. The van der Waals surface area contributed by atoms with Gasteiger partial charge in [-0.25, -0.2) is 0 Å². The first-order valence-electron chi connectivity index (χ1n) is 6.77. The molecule has 0 saturated carbocycles. The van der Waals surface area contributed by atoms with Crippen molar-refractivity contribution in [3.8, 4) is 5.75 Å².